The molecule has 0 radical (unpaired) electrons. The van der Waals surface area contributed by atoms with Crippen LogP contribution < -0.4 is 5.32 Å². The number of amides is 1. The van der Waals surface area contributed by atoms with Crippen molar-refractivity contribution in [2.75, 3.05) is 31.6 Å². The molecule has 2 aromatic rings. The van der Waals surface area contributed by atoms with E-state index >= 15 is 0 Å². The number of nitrogens with zero attached hydrogens (tertiary/aromatic N) is 2. The molecule has 1 saturated heterocycles. The number of morpholine rings is 1. The third-order valence-electron chi connectivity index (χ3n) is 3.47. The summed E-state index contributed by atoms with van der Waals surface area (Å²) in [5.41, 5.74) is 0.966. The summed E-state index contributed by atoms with van der Waals surface area (Å²) >= 11 is 13.5. The number of pyridine rings is 1. The van der Waals surface area contributed by atoms with E-state index in [4.69, 9.17) is 27.9 Å². The van der Waals surface area contributed by atoms with Crippen molar-refractivity contribution < 1.29 is 9.53 Å². The van der Waals surface area contributed by atoms with E-state index in [1.807, 2.05) is 5.38 Å². The van der Waals surface area contributed by atoms with Gasteiger partial charge in [0, 0.05) is 25.8 Å². The molecule has 5 nitrogen and oxygen atoms in total. The minimum Gasteiger partial charge on any atom is -0.379 e. The molecule has 0 aromatic carbocycles. The monoisotopic (exact) mass is 371 g/mol. The van der Waals surface area contributed by atoms with E-state index < -0.39 is 0 Å². The molecule has 1 N–H and O–H groups in total. The smallest absolute Gasteiger partial charge is 0.268 e. The van der Waals surface area contributed by atoms with Crippen molar-refractivity contribution in [2.45, 2.75) is 6.54 Å². The van der Waals surface area contributed by atoms with Crippen molar-refractivity contribution >= 4 is 46.3 Å². The summed E-state index contributed by atoms with van der Waals surface area (Å²) in [5, 5.41) is 5.69. The number of hydrogen-bond acceptors (Lipinski definition) is 5. The van der Waals surface area contributed by atoms with E-state index in [-0.39, 0.29) is 5.91 Å². The predicted molar refractivity (Wildman–Crippen MR) is 92.6 cm³/mol. The highest BCUT2D eigenvalue weighted by Crippen LogP contribution is 2.30. The summed E-state index contributed by atoms with van der Waals surface area (Å²) in [5.74, 6) is 0.182. The molecule has 8 heteroatoms. The number of hydrogen-bond donors (Lipinski definition) is 1. The lowest BCUT2D eigenvalue weighted by atomic mass is 10.2. The largest absolute Gasteiger partial charge is 0.379 e. The number of rotatable bonds is 4. The Balaban J connectivity index is 1.67. The number of carbonyl (C=O) groups excluding carboxylic acids is 1. The molecule has 122 valence electrons. The maximum Gasteiger partial charge on any atom is 0.268 e. The van der Waals surface area contributed by atoms with E-state index in [2.05, 4.69) is 15.2 Å². The third-order valence-corrected chi connectivity index (χ3v) is 5.27. The quantitative estimate of drug-likeness (QED) is 0.892. The van der Waals surface area contributed by atoms with Gasteiger partial charge in [-0.2, -0.15) is 0 Å². The van der Waals surface area contributed by atoms with Crippen molar-refractivity contribution in [1.29, 1.82) is 0 Å². The lowest BCUT2D eigenvalue weighted by molar-refractivity contribution is 0.0342. The van der Waals surface area contributed by atoms with Gasteiger partial charge in [0.25, 0.3) is 5.91 Å². The summed E-state index contributed by atoms with van der Waals surface area (Å²) < 4.78 is 5.33. The minimum atomic E-state index is -0.261. The highest BCUT2D eigenvalue weighted by molar-refractivity contribution is 7.13. The number of halogens is 2. The first-order valence-electron chi connectivity index (χ1n) is 7.12. The average molecular weight is 372 g/mol. The first-order valence-corrected chi connectivity index (χ1v) is 8.76. The molecule has 0 unspecified atom stereocenters. The van der Waals surface area contributed by atoms with Gasteiger partial charge < -0.3 is 10.1 Å². The van der Waals surface area contributed by atoms with Crippen molar-refractivity contribution in [1.82, 2.24) is 9.88 Å². The van der Waals surface area contributed by atoms with Crippen molar-refractivity contribution in [3.63, 3.8) is 0 Å². The van der Waals surface area contributed by atoms with E-state index in [1.165, 1.54) is 17.5 Å². The van der Waals surface area contributed by atoms with Crippen molar-refractivity contribution in [2.24, 2.45) is 0 Å². The van der Waals surface area contributed by atoms with Gasteiger partial charge in [0.1, 0.15) is 10.7 Å². The van der Waals surface area contributed by atoms with E-state index in [0.29, 0.717) is 20.7 Å². The molecular weight excluding hydrogens is 357 g/mol. The van der Waals surface area contributed by atoms with Crippen LogP contribution in [0.15, 0.2) is 23.7 Å². The summed E-state index contributed by atoms with van der Waals surface area (Å²) in [4.78, 5) is 19.1. The van der Waals surface area contributed by atoms with E-state index in [9.17, 15) is 4.79 Å². The molecule has 0 spiro atoms. The molecule has 1 fully saturated rings. The predicted octanol–water partition coefficient (Wildman–Crippen LogP) is 3.53. The second-order valence-electron chi connectivity index (χ2n) is 5.11. The fourth-order valence-electron chi connectivity index (χ4n) is 2.26. The van der Waals surface area contributed by atoms with Gasteiger partial charge in [-0.25, -0.2) is 4.98 Å². The molecule has 0 atom stereocenters. The first-order chi connectivity index (χ1) is 11.1. The molecule has 23 heavy (non-hydrogen) atoms. The Morgan fingerprint density at radius 2 is 2.13 bits per heavy atom. The molecular formula is C15H15Cl2N3O2S. The molecule has 3 rings (SSSR count). The zero-order valence-corrected chi connectivity index (χ0v) is 14.5. The van der Waals surface area contributed by atoms with Gasteiger partial charge in [0.15, 0.2) is 0 Å². The molecule has 0 aliphatic carbocycles. The van der Waals surface area contributed by atoms with E-state index in [0.717, 1.165) is 38.4 Å². The Labute approximate surface area is 148 Å². The van der Waals surface area contributed by atoms with Crippen molar-refractivity contribution in [3.8, 4) is 0 Å². The number of ether oxygens (including phenoxy) is 1. The molecule has 1 amide bonds. The minimum absolute atomic E-state index is 0.261. The summed E-state index contributed by atoms with van der Waals surface area (Å²) in [6, 6.07) is 3.32. The Bertz CT molecular complexity index is 685. The van der Waals surface area contributed by atoms with Gasteiger partial charge in [-0.1, -0.05) is 23.2 Å². The van der Waals surface area contributed by atoms with Gasteiger partial charge in [0.2, 0.25) is 0 Å². The van der Waals surface area contributed by atoms with Crippen LogP contribution >= 0.6 is 34.5 Å². The lowest BCUT2D eigenvalue weighted by Crippen LogP contribution is -2.35. The number of thiophene rings is 1. The first kappa shape index (κ1) is 16.7. The summed E-state index contributed by atoms with van der Waals surface area (Å²) in [6.45, 7) is 3.95. The van der Waals surface area contributed by atoms with Gasteiger partial charge in [0.05, 0.1) is 23.3 Å². The normalized spacial score (nSPS) is 15.6. The highest BCUT2D eigenvalue weighted by atomic mass is 35.5. The van der Waals surface area contributed by atoms with Gasteiger partial charge in [-0.3, -0.25) is 9.69 Å². The van der Waals surface area contributed by atoms with Crippen LogP contribution in [0.4, 0.5) is 5.82 Å². The van der Waals surface area contributed by atoms with E-state index in [1.54, 1.807) is 12.1 Å². The molecule has 0 bridgehead atoms. The standard InChI is InChI=1S/C15H15Cl2N3O2S/c16-11-1-2-12(18-7-11)19-15(21)14-13(17)10(9-23-14)8-20-3-5-22-6-4-20/h1-2,7,9H,3-6,8H2,(H,18,19,21). The van der Waals surface area contributed by atoms with Crippen LogP contribution in [0.1, 0.15) is 15.2 Å². The molecule has 3 heterocycles. The molecule has 1 aliphatic rings. The molecule has 2 aromatic heterocycles. The number of anilines is 1. The lowest BCUT2D eigenvalue weighted by Gasteiger charge is -2.26. The zero-order chi connectivity index (χ0) is 16.2. The fourth-order valence-corrected chi connectivity index (χ4v) is 3.62. The van der Waals surface area contributed by atoms with Crippen LogP contribution in [0, 0.1) is 0 Å². The van der Waals surface area contributed by atoms with Gasteiger partial charge in [-0.15, -0.1) is 11.3 Å². The zero-order valence-electron chi connectivity index (χ0n) is 12.2. The Kier molecular flexibility index (Phi) is 5.50. The summed E-state index contributed by atoms with van der Waals surface area (Å²) in [6.07, 6.45) is 1.48. The van der Waals surface area contributed by atoms with Gasteiger partial charge in [-0.05, 0) is 23.1 Å². The topological polar surface area (TPSA) is 54.5 Å². The molecule has 1 aliphatic heterocycles. The van der Waals surface area contributed by atoms with Crippen LogP contribution in [0.3, 0.4) is 0 Å². The Morgan fingerprint density at radius 3 is 2.83 bits per heavy atom. The second-order valence-corrected chi connectivity index (χ2v) is 6.80. The Hall–Kier alpha value is -1.18. The molecule has 0 saturated carbocycles. The maximum atomic E-state index is 12.3. The fraction of sp³-hybridized carbons (Fsp3) is 0.333. The highest BCUT2D eigenvalue weighted by Gasteiger charge is 2.19. The maximum absolute atomic E-state index is 12.3. The number of nitrogens with one attached hydrogen (secondary N) is 1. The third kappa shape index (κ3) is 4.22. The summed E-state index contributed by atoms with van der Waals surface area (Å²) in [7, 11) is 0. The number of carbonyl (C=O) groups is 1. The second kappa shape index (κ2) is 7.59. The van der Waals surface area contributed by atoms with Crippen LogP contribution in [-0.2, 0) is 11.3 Å². The van der Waals surface area contributed by atoms with Crippen LogP contribution in [0.2, 0.25) is 10.0 Å². The van der Waals surface area contributed by atoms with Gasteiger partial charge >= 0.3 is 0 Å². The Morgan fingerprint density at radius 1 is 1.35 bits per heavy atom. The van der Waals surface area contributed by atoms with Crippen LogP contribution in [0.5, 0.6) is 0 Å². The average Bonchev–Trinajstić information content (AvgIpc) is 2.92. The SMILES string of the molecule is O=C(Nc1ccc(Cl)cn1)c1scc(CN2CCOCC2)c1Cl. The van der Waals surface area contributed by atoms with Crippen LogP contribution in [0.25, 0.3) is 0 Å². The van der Waals surface area contributed by atoms with Crippen LogP contribution in [-0.4, -0.2) is 42.1 Å². The van der Waals surface area contributed by atoms with Crippen molar-refractivity contribution in [3.05, 3.63) is 44.2 Å². The number of aromatic nitrogens is 1.